The number of hydrogen-bond donors (Lipinski definition) is 1. The number of aliphatic imine (C=N–C) groups is 1. The molecule has 1 saturated heterocycles. The number of guanidine groups is 1. The Morgan fingerprint density at radius 3 is 2.50 bits per heavy atom. The molecule has 0 saturated carbocycles. The quantitative estimate of drug-likeness (QED) is 0.672. The summed E-state index contributed by atoms with van der Waals surface area (Å²) in [6.07, 6.45) is 0. The number of nitrogens with zero attached hydrogens (tertiary/aromatic N) is 4. The van der Waals surface area contributed by atoms with E-state index in [1.54, 1.807) is 7.05 Å². The summed E-state index contributed by atoms with van der Waals surface area (Å²) in [5.74, 6) is 1.81. The van der Waals surface area contributed by atoms with Crippen molar-refractivity contribution in [1.82, 2.24) is 15.4 Å². The number of nitrogens with one attached hydrogen (secondary N) is 1. The summed E-state index contributed by atoms with van der Waals surface area (Å²) in [7, 11) is 1.79. The molecule has 1 N–H and O–H groups in total. The molecule has 1 aliphatic heterocycles. The second kappa shape index (κ2) is 8.21. The topological polar surface area (TPSA) is 56.9 Å². The molecule has 0 spiro atoms. The summed E-state index contributed by atoms with van der Waals surface area (Å²) >= 11 is 0. The van der Waals surface area contributed by atoms with E-state index < -0.39 is 0 Å². The first kappa shape index (κ1) is 18.2. The average Bonchev–Trinajstić information content (AvgIpc) is 3.13. The first-order valence-corrected chi connectivity index (χ1v) is 8.98. The van der Waals surface area contributed by atoms with E-state index in [-0.39, 0.29) is 5.82 Å². The molecule has 3 rings (SSSR count). The van der Waals surface area contributed by atoms with Gasteiger partial charge < -0.3 is 19.6 Å². The number of hydrogen-bond acceptors (Lipinski definition) is 4. The van der Waals surface area contributed by atoms with Crippen LogP contribution in [0.2, 0.25) is 0 Å². The fourth-order valence-electron chi connectivity index (χ4n) is 3.01. The van der Waals surface area contributed by atoms with Crippen LogP contribution in [-0.2, 0) is 6.54 Å². The minimum absolute atomic E-state index is 0.204. The first-order chi connectivity index (χ1) is 12.6. The molecule has 0 bridgehead atoms. The van der Waals surface area contributed by atoms with E-state index >= 15 is 0 Å². The van der Waals surface area contributed by atoms with Crippen molar-refractivity contribution in [2.75, 3.05) is 38.1 Å². The van der Waals surface area contributed by atoms with Crippen molar-refractivity contribution in [2.45, 2.75) is 26.3 Å². The molecule has 1 aromatic carbocycles. The van der Waals surface area contributed by atoms with Gasteiger partial charge in [0.25, 0.3) is 0 Å². The number of anilines is 1. The minimum atomic E-state index is -0.204. The molecular formula is C19H26FN5O. The Kier molecular flexibility index (Phi) is 5.75. The Balaban J connectivity index is 1.52. The molecule has 0 radical (unpaired) electrons. The average molecular weight is 359 g/mol. The lowest BCUT2D eigenvalue weighted by Gasteiger charge is -2.37. The monoisotopic (exact) mass is 359 g/mol. The standard InChI is InChI=1S/C19H26FN5O/c1-14(2)18-12-17(26-23-18)13-22-19(21-3)25-10-8-24(9-11-25)16-6-4-15(20)5-7-16/h4-7,12,14H,8-11,13H2,1-3H3,(H,21,22). The van der Waals surface area contributed by atoms with E-state index in [0.717, 1.165) is 49.3 Å². The molecule has 6 nitrogen and oxygen atoms in total. The van der Waals surface area contributed by atoms with Gasteiger partial charge in [0, 0.05) is 45.0 Å². The Hall–Kier alpha value is -2.57. The number of aromatic nitrogens is 1. The highest BCUT2D eigenvalue weighted by Crippen LogP contribution is 2.17. The fraction of sp³-hybridized carbons (Fsp3) is 0.474. The first-order valence-electron chi connectivity index (χ1n) is 8.98. The largest absolute Gasteiger partial charge is 0.368 e. The van der Waals surface area contributed by atoms with Gasteiger partial charge >= 0.3 is 0 Å². The molecule has 0 aliphatic carbocycles. The van der Waals surface area contributed by atoms with Gasteiger partial charge in [-0.1, -0.05) is 19.0 Å². The molecule has 1 aromatic heterocycles. The molecule has 7 heteroatoms. The maximum Gasteiger partial charge on any atom is 0.194 e. The van der Waals surface area contributed by atoms with Crippen molar-refractivity contribution in [2.24, 2.45) is 4.99 Å². The zero-order valence-corrected chi connectivity index (χ0v) is 15.6. The molecule has 0 amide bonds. The molecule has 1 aliphatic rings. The predicted octanol–water partition coefficient (Wildman–Crippen LogP) is 2.83. The third-order valence-electron chi connectivity index (χ3n) is 4.57. The van der Waals surface area contributed by atoms with Gasteiger partial charge in [-0.05, 0) is 30.2 Å². The van der Waals surface area contributed by atoms with E-state index in [0.29, 0.717) is 12.5 Å². The van der Waals surface area contributed by atoms with Gasteiger partial charge in [0.05, 0.1) is 12.2 Å². The van der Waals surface area contributed by atoms with Crippen molar-refractivity contribution >= 4 is 11.6 Å². The number of piperazine rings is 1. The van der Waals surface area contributed by atoms with Crippen LogP contribution in [0.1, 0.15) is 31.2 Å². The van der Waals surface area contributed by atoms with Gasteiger partial charge in [0.1, 0.15) is 5.82 Å². The SMILES string of the molecule is CN=C(NCc1cc(C(C)C)no1)N1CCN(c2ccc(F)cc2)CC1. The summed E-state index contributed by atoms with van der Waals surface area (Å²) in [6, 6.07) is 8.65. The van der Waals surface area contributed by atoms with Crippen molar-refractivity contribution in [3.8, 4) is 0 Å². The van der Waals surface area contributed by atoms with Crippen LogP contribution in [0.4, 0.5) is 10.1 Å². The van der Waals surface area contributed by atoms with Gasteiger partial charge in [-0.15, -0.1) is 0 Å². The molecule has 0 unspecified atom stereocenters. The Bertz CT molecular complexity index is 733. The van der Waals surface area contributed by atoms with E-state index in [9.17, 15) is 4.39 Å². The van der Waals surface area contributed by atoms with E-state index in [4.69, 9.17) is 4.52 Å². The minimum Gasteiger partial charge on any atom is -0.368 e. The molecular weight excluding hydrogens is 333 g/mol. The van der Waals surface area contributed by atoms with Crippen LogP contribution < -0.4 is 10.2 Å². The van der Waals surface area contributed by atoms with E-state index in [1.165, 1.54) is 12.1 Å². The maximum absolute atomic E-state index is 13.1. The van der Waals surface area contributed by atoms with Crippen LogP contribution >= 0.6 is 0 Å². The summed E-state index contributed by atoms with van der Waals surface area (Å²) in [4.78, 5) is 8.86. The van der Waals surface area contributed by atoms with Crippen LogP contribution in [0.25, 0.3) is 0 Å². The van der Waals surface area contributed by atoms with Gasteiger partial charge in [0.15, 0.2) is 11.7 Å². The Morgan fingerprint density at radius 1 is 1.23 bits per heavy atom. The lowest BCUT2D eigenvalue weighted by atomic mass is 10.1. The smallest absolute Gasteiger partial charge is 0.194 e. The number of rotatable bonds is 4. The fourth-order valence-corrected chi connectivity index (χ4v) is 3.01. The zero-order valence-electron chi connectivity index (χ0n) is 15.6. The summed E-state index contributed by atoms with van der Waals surface area (Å²) in [5, 5.41) is 7.42. The molecule has 2 aromatic rings. The second-order valence-corrected chi connectivity index (χ2v) is 6.72. The van der Waals surface area contributed by atoms with E-state index in [1.807, 2.05) is 18.2 Å². The normalized spacial score (nSPS) is 15.7. The van der Waals surface area contributed by atoms with Crippen LogP contribution in [0.3, 0.4) is 0 Å². The van der Waals surface area contributed by atoms with Crippen LogP contribution in [-0.4, -0.2) is 49.2 Å². The highest BCUT2D eigenvalue weighted by atomic mass is 19.1. The number of benzene rings is 1. The van der Waals surface area contributed by atoms with Crippen molar-refractivity contribution in [1.29, 1.82) is 0 Å². The lowest BCUT2D eigenvalue weighted by Crippen LogP contribution is -2.52. The Morgan fingerprint density at radius 2 is 1.92 bits per heavy atom. The molecule has 2 heterocycles. The van der Waals surface area contributed by atoms with Crippen LogP contribution in [0.5, 0.6) is 0 Å². The van der Waals surface area contributed by atoms with Crippen molar-refractivity contribution in [3.63, 3.8) is 0 Å². The molecule has 0 atom stereocenters. The maximum atomic E-state index is 13.1. The third-order valence-corrected chi connectivity index (χ3v) is 4.57. The van der Waals surface area contributed by atoms with Gasteiger partial charge in [-0.25, -0.2) is 4.39 Å². The summed E-state index contributed by atoms with van der Waals surface area (Å²) in [6.45, 7) is 8.18. The second-order valence-electron chi connectivity index (χ2n) is 6.72. The molecule has 26 heavy (non-hydrogen) atoms. The molecule has 1 fully saturated rings. The highest BCUT2D eigenvalue weighted by Gasteiger charge is 2.20. The molecule has 140 valence electrons. The van der Waals surface area contributed by atoms with Gasteiger partial charge in [-0.3, -0.25) is 4.99 Å². The predicted molar refractivity (Wildman–Crippen MR) is 101 cm³/mol. The summed E-state index contributed by atoms with van der Waals surface area (Å²) in [5.41, 5.74) is 2.02. The Labute approximate surface area is 153 Å². The summed E-state index contributed by atoms with van der Waals surface area (Å²) < 4.78 is 18.4. The van der Waals surface area contributed by atoms with Gasteiger partial charge in [0.2, 0.25) is 0 Å². The van der Waals surface area contributed by atoms with Crippen molar-refractivity contribution in [3.05, 3.63) is 47.6 Å². The highest BCUT2D eigenvalue weighted by molar-refractivity contribution is 5.80. The zero-order chi connectivity index (χ0) is 18.5. The lowest BCUT2D eigenvalue weighted by molar-refractivity contribution is 0.355. The van der Waals surface area contributed by atoms with Crippen LogP contribution in [0.15, 0.2) is 39.8 Å². The third kappa shape index (κ3) is 4.33. The number of halogens is 1. The van der Waals surface area contributed by atoms with Crippen molar-refractivity contribution < 1.29 is 8.91 Å². The van der Waals surface area contributed by atoms with Crippen LogP contribution in [0, 0.1) is 5.82 Å². The van der Waals surface area contributed by atoms with E-state index in [2.05, 4.69) is 39.1 Å². The van der Waals surface area contributed by atoms with Gasteiger partial charge in [-0.2, -0.15) is 0 Å².